The van der Waals surface area contributed by atoms with E-state index in [1.54, 1.807) is 0 Å². The van der Waals surface area contributed by atoms with Gasteiger partial charge >= 0.3 is 0 Å². The second kappa shape index (κ2) is 15.7. The van der Waals surface area contributed by atoms with Gasteiger partial charge in [-0.2, -0.15) is 0 Å². The lowest BCUT2D eigenvalue weighted by molar-refractivity contribution is -0.139. The van der Waals surface area contributed by atoms with Gasteiger partial charge in [-0.15, -0.1) is 0 Å². The Bertz CT molecular complexity index is 1210. The van der Waals surface area contributed by atoms with Gasteiger partial charge in [-0.3, -0.25) is 14.4 Å². The number of fused-ring (bicyclic) bond motifs is 2. The van der Waals surface area contributed by atoms with Crippen LogP contribution in [0.15, 0.2) is 48.5 Å². The topological polar surface area (TPSA) is 102 Å². The number of piperidine rings is 1. The zero-order valence-corrected chi connectivity index (χ0v) is 26.5. The van der Waals surface area contributed by atoms with E-state index < -0.39 is 6.04 Å². The first-order valence-corrected chi connectivity index (χ1v) is 16.2. The van der Waals surface area contributed by atoms with Crippen molar-refractivity contribution in [3.05, 3.63) is 70.2 Å². The number of nitrogens with zero attached hydrogens (tertiary/aromatic N) is 1. The fourth-order valence-electron chi connectivity index (χ4n) is 8.08. The molecule has 43 heavy (non-hydrogen) atoms. The second-order valence-electron chi connectivity index (χ2n) is 12.7. The number of carbonyl (C=O) groups is 3. The highest BCUT2D eigenvalue weighted by Gasteiger charge is 2.53. The summed E-state index contributed by atoms with van der Waals surface area (Å²) < 4.78 is 3.86. The van der Waals surface area contributed by atoms with Gasteiger partial charge in [0.1, 0.15) is 6.04 Å². The predicted octanol–water partition coefficient (Wildman–Crippen LogP) is 5.70. The van der Waals surface area contributed by atoms with E-state index >= 15 is 0 Å². The Balaban J connectivity index is 0.000000996. The molecule has 1 saturated heterocycles. The number of rotatable bonds is 9. The fourth-order valence-corrected chi connectivity index (χ4v) is 8.21. The summed E-state index contributed by atoms with van der Waals surface area (Å²) in [5, 5.41) is 3.77. The van der Waals surface area contributed by atoms with E-state index in [1.807, 2.05) is 53.4 Å². The standard InChI is InChI=1S/C33H44ClN3O2.C2H4O2/c1-23-21-33(29-9-5-4-8-28(23)29)16-18-37(19-17-33)32(39)30(20-24-10-13-27(34)14-11-24)36-31(38)15-12-25-6-2-3-7-26(25)22-35;1-4-2-3/h2-3,6-7,10-11,13-14,23,28-30H,4-5,8-9,12,15-22,35H2,1H3,(H,36,38);2H,1H3. The number of hydrogen-bond donors (Lipinski definition) is 2. The van der Waals surface area contributed by atoms with Gasteiger partial charge in [0.25, 0.3) is 6.47 Å². The van der Waals surface area contributed by atoms with Crippen LogP contribution in [0, 0.1) is 23.2 Å². The van der Waals surface area contributed by atoms with Crippen molar-refractivity contribution in [3.8, 4) is 0 Å². The van der Waals surface area contributed by atoms with Gasteiger partial charge in [-0.1, -0.05) is 67.8 Å². The monoisotopic (exact) mass is 609 g/mol. The molecule has 2 aromatic rings. The second-order valence-corrected chi connectivity index (χ2v) is 13.1. The number of aryl methyl sites for hydroxylation is 1. The fraction of sp³-hybridized carbons (Fsp3) is 0.571. The molecule has 2 aromatic carbocycles. The molecule has 2 aliphatic carbocycles. The average Bonchev–Trinajstić information content (AvgIpc) is 3.31. The van der Waals surface area contributed by atoms with Crippen LogP contribution >= 0.6 is 11.6 Å². The highest BCUT2D eigenvalue weighted by atomic mass is 35.5. The normalized spacial score (nSPS) is 23.0. The number of ether oxygens (including phenoxy) is 1. The largest absolute Gasteiger partial charge is 0.471 e. The Morgan fingerprint density at radius 2 is 1.74 bits per heavy atom. The smallest absolute Gasteiger partial charge is 0.292 e. The molecule has 0 aromatic heterocycles. The van der Waals surface area contributed by atoms with Crippen molar-refractivity contribution in [2.24, 2.45) is 28.9 Å². The van der Waals surface area contributed by atoms with Crippen LogP contribution in [0.2, 0.25) is 5.02 Å². The van der Waals surface area contributed by atoms with Crippen LogP contribution in [0.5, 0.6) is 0 Å². The summed E-state index contributed by atoms with van der Waals surface area (Å²) in [7, 11) is 1.31. The molecule has 1 heterocycles. The Hall–Kier alpha value is -2.90. The van der Waals surface area contributed by atoms with E-state index in [1.165, 1.54) is 39.2 Å². The highest BCUT2D eigenvalue weighted by Crippen LogP contribution is 2.60. The molecule has 2 amide bonds. The third-order valence-corrected chi connectivity index (χ3v) is 10.4. The molecule has 1 aliphatic heterocycles. The van der Waals surface area contributed by atoms with Crippen LogP contribution in [0.3, 0.4) is 0 Å². The SMILES string of the molecule is CC1CC2(CCN(C(=O)C(Cc3ccc(Cl)cc3)NC(=O)CCc3ccccc3CN)CC2)C2CCCCC12.COC=O. The van der Waals surface area contributed by atoms with Gasteiger partial charge < -0.3 is 20.7 Å². The van der Waals surface area contributed by atoms with Crippen LogP contribution < -0.4 is 11.1 Å². The summed E-state index contributed by atoms with van der Waals surface area (Å²) in [6.45, 7) is 4.88. The van der Waals surface area contributed by atoms with Gasteiger partial charge in [-0.25, -0.2) is 0 Å². The number of amides is 2. The summed E-state index contributed by atoms with van der Waals surface area (Å²) in [6, 6.07) is 15.0. The number of likely N-dealkylation sites (tertiary alicyclic amines) is 1. The first-order valence-electron chi connectivity index (χ1n) is 15.9. The predicted molar refractivity (Wildman–Crippen MR) is 170 cm³/mol. The Morgan fingerprint density at radius 3 is 2.40 bits per heavy atom. The van der Waals surface area contributed by atoms with Crippen molar-refractivity contribution in [2.75, 3.05) is 20.2 Å². The maximum Gasteiger partial charge on any atom is 0.292 e. The molecular weight excluding hydrogens is 562 g/mol. The van der Waals surface area contributed by atoms with Crippen molar-refractivity contribution in [1.82, 2.24) is 10.2 Å². The van der Waals surface area contributed by atoms with Crippen molar-refractivity contribution in [1.29, 1.82) is 0 Å². The lowest BCUT2D eigenvalue weighted by Gasteiger charge is -2.46. The lowest BCUT2D eigenvalue weighted by atomic mass is 9.65. The molecule has 0 radical (unpaired) electrons. The number of benzene rings is 2. The molecule has 3 fully saturated rings. The molecular formula is C35H48ClN3O4. The van der Waals surface area contributed by atoms with E-state index in [-0.39, 0.29) is 11.8 Å². The molecule has 2 saturated carbocycles. The molecule has 3 N–H and O–H groups in total. The molecule has 8 heteroatoms. The number of nitrogens with one attached hydrogen (secondary N) is 1. The first kappa shape index (κ1) is 33.0. The lowest BCUT2D eigenvalue weighted by Crippen LogP contribution is -2.53. The van der Waals surface area contributed by atoms with Crippen LogP contribution in [-0.2, 0) is 38.5 Å². The van der Waals surface area contributed by atoms with Crippen LogP contribution in [-0.4, -0.2) is 49.4 Å². The molecule has 4 unspecified atom stereocenters. The molecule has 234 valence electrons. The van der Waals surface area contributed by atoms with E-state index in [0.29, 0.717) is 42.7 Å². The van der Waals surface area contributed by atoms with Crippen molar-refractivity contribution < 1.29 is 19.1 Å². The highest BCUT2D eigenvalue weighted by molar-refractivity contribution is 6.30. The maximum atomic E-state index is 13.9. The van der Waals surface area contributed by atoms with Gasteiger partial charge in [0.05, 0.1) is 7.11 Å². The summed E-state index contributed by atoms with van der Waals surface area (Å²) in [5.74, 6) is 2.46. The third-order valence-electron chi connectivity index (χ3n) is 10.2. The van der Waals surface area contributed by atoms with Gasteiger partial charge in [0.15, 0.2) is 0 Å². The van der Waals surface area contributed by atoms with Crippen LogP contribution in [0.1, 0.15) is 75.0 Å². The van der Waals surface area contributed by atoms with Crippen LogP contribution in [0.4, 0.5) is 0 Å². The van der Waals surface area contributed by atoms with Gasteiger partial charge in [0.2, 0.25) is 11.8 Å². The third kappa shape index (κ3) is 8.39. The zero-order chi connectivity index (χ0) is 30.8. The van der Waals surface area contributed by atoms with E-state index in [9.17, 15) is 9.59 Å². The molecule has 7 nitrogen and oxygen atoms in total. The summed E-state index contributed by atoms with van der Waals surface area (Å²) in [5.41, 5.74) is 9.43. The van der Waals surface area contributed by atoms with Crippen molar-refractivity contribution >= 4 is 29.9 Å². The van der Waals surface area contributed by atoms with Crippen molar-refractivity contribution in [2.45, 2.75) is 83.7 Å². The first-order chi connectivity index (χ1) is 20.8. The van der Waals surface area contributed by atoms with Crippen LogP contribution in [0.25, 0.3) is 0 Å². The number of halogens is 1. The van der Waals surface area contributed by atoms with Crippen molar-refractivity contribution in [3.63, 3.8) is 0 Å². The molecule has 4 atom stereocenters. The summed E-state index contributed by atoms with van der Waals surface area (Å²) in [4.78, 5) is 38.0. The molecule has 1 spiro atoms. The number of carbonyl (C=O) groups excluding carboxylic acids is 3. The quantitative estimate of drug-likeness (QED) is 0.355. The van der Waals surface area contributed by atoms with Gasteiger partial charge in [-0.05, 0) is 90.5 Å². The number of nitrogens with two attached hydrogens (primary N) is 1. The Kier molecular flexibility index (Phi) is 12.1. The average molecular weight is 610 g/mol. The summed E-state index contributed by atoms with van der Waals surface area (Å²) in [6.07, 6.45) is 10.4. The molecule has 5 rings (SSSR count). The minimum atomic E-state index is -0.581. The molecule has 3 aliphatic rings. The van der Waals surface area contributed by atoms with E-state index in [0.717, 1.165) is 60.4 Å². The maximum absolute atomic E-state index is 13.9. The zero-order valence-electron chi connectivity index (χ0n) is 25.7. The minimum Gasteiger partial charge on any atom is -0.471 e. The molecule has 0 bridgehead atoms. The number of hydrogen-bond acceptors (Lipinski definition) is 5. The minimum absolute atomic E-state index is 0.0433. The Morgan fingerprint density at radius 1 is 1.09 bits per heavy atom. The Labute approximate surface area is 261 Å². The van der Waals surface area contributed by atoms with E-state index in [2.05, 4.69) is 17.0 Å². The van der Waals surface area contributed by atoms with Gasteiger partial charge in [0, 0.05) is 37.5 Å². The van der Waals surface area contributed by atoms with E-state index in [4.69, 9.17) is 22.1 Å². The summed E-state index contributed by atoms with van der Waals surface area (Å²) >= 11 is 6.11. The number of methoxy groups -OCH3 is 1.